The van der Waals surface area contributed by atoms with Gasteiger partial charge in [-0.2, -0.15) is 0 Å². The molecule has 0 aliphatic heterocycles. The van der Waals surface area contributed by atoms with Crippen molar-refractivity contribution < 1.29 is 0 Å². The van der Waals surface area contributed by atoms with Crippen LogP contribution in [0.15, 0.2) is 18.2 Å². The number of aryl methyl sites for hydroxylation is 1. The van der Waals surface area contributed by atoms with Gasteiger partial charge in [0, 0.05) is 5.69 Å². The van der Waals surface area contributed by atoms with Gasteiger partial charge in [-0.1, -0.05) is 29.3 Å². The first-order valence-corrected chi connectivity index (χ1v) is 4.66. The van der Waals surface area contributed by atoms with Crippen LogP contribution in [0.5, 0.6) is 0 Å². The highest BCUT2D eigenvalue weighted by molar-refractivity contribution is 6.43. The summed E-state index contributed by atoms with van der Waals surface area (Å²) >= 11 is 11.3. The van der Waals surface area contributed by atoms with Gasteiger partial charge in [0.05, 0.1) is 0 Å². The molecule has 0 aliphatic carbocycles. The molecule has 0 fully saturated rings. The zero-order chi connectivity index (χ0) is 9.42. The lowest BCUT2D eigenvalue weighted by molar-refractivity contribution is 0.882. The van der Waals surface area contributed by atoms with Crippen molar-refractivity contribution in [2.24, 2.45) is 0 Å². The number of hydrogen-bond acceptors (Lipinski definition) is 2. The van der Waals surface area contributed by atoms with E-state index in [0.29, 0.717) is 5.82 Å². The van der Waals surface area contributed by atoms with Crippen molar-refractivity contribution in [1.82, 2.24) is 14.6 Å². The zero-order valence-electron chi connectivity index (χ0n) is 6.91. The lowest BCUT2D eigenvalue weighted by Crippen LogP contribution is -1.92. The van der Waals surface area contributed by atoms with Crippen molar-refractivity contribution in [3.05, 3.63) is 29.7 Å². The molecule has 13 heavy (non-hydrogen) atoms. The molecule has 0 bridgehead atoms. The minimum absolute atomic E-state index is 0.442. The summed E-state index contributed by atoms with van der Waals surface area (Å²) in [6, 6.07) is 5.73. The fourth-order valence-electron chi connectivity index (χ4n) is 1.14. The average Bonchev–Trinajstić information content (AvgIpc) is 2.49. The van der Waals surface area contributed by atoms with E-state index in [-0.39, 0.29) is 0 Å². The number of fused-ring (bicyclic) bond motifs is 1. The fraction of sp³-hybridized carbons (Fsp3) is 0.250. The Bertz CT molecular complexity index is 436. The molecule has 0 N–H and O–H groups in total. The van der Waals surface area contributed by atoms with E-state index in [1.54, 1.807) is 4.52 Å². The monoisotopic (exact) mass is 215 g/mol. The van der Waals surface area contributed by atoms with Crippen LogP contribution >= 0.6 is 23.2 Å². The van der Waals surface area contributed by atoms with E-state index in [4.69, 9.17) is 23.2 Å². The summed E-state index contributed by atoms with van der Waals surface area (Å²) in [5, 5.41) is 4.15. The highest BCUT2D eigenvalue weighted by Gasteiger charge is 2.10. The van der Waals surface area contributed by atoms with E-state index in [1.165, 1.54) is 0 Å². The largest absolute Gasteiger partial charge is 0.218 e. The molecule has 0 amide bonds. The van der Waals surface area contributed by atoms with Gasteiger partial charge in [-0.15, -0.1) is 5.10 Å². The first-order valence-electron chi connectivity index (χ1n) is 3.79. The molecule has 0 radical (unpaired) electrons. The van der Waals surface area contributed by atoms with Crippen LogP contribution in [0.25, 0.3) is 5.65 Å². The molecule has 0 aliphatic rings. The predicted octanol–water partition coefficient (Wildman–Crippen LogP) is 2.51. The molecule has 0 atom stereocenters. The van der Waals surface area contributed by atoms with E-state index in [1.807, 2.05) is 25.1 Å². The van der Waals surface area contributed by atoms with E-state index in [2.05, 4.69) is 10.1 Å². The summed E-state index contributed by atoms with van der Waals surface area (Å²) in [5.74, 6) is 0.442. The molecule has 2 aromatic heterocycles. The van der Waals surface area contributed by atoms with Gasteiger partial charge in [0.1, 0.15) is 0 Å². The summed E-state index contributed by atoms with van der Waals surface area (Å²) in [6.45, 7) is 1.95. The third kappa shape index (κ3) is 1.49. The van der Waals surface area contributed by atoms with E-state index in [0.717, 1.165) is 11.3 Å². The van der Waals surface area contributed by atoms with Crippen molar-refractivity contribution in [3.63, 3.8) is 0 Å². The van der Waals surface area contributed by atoms with Gasteiger partial charge in [-0.3, -0.25) is 0 Å². The highest BCUT2D eigenvalue weighted by Crippen LogP contribution is 2.21. The van der Waals surface area contributed by atoms with Crippen LogP contribution < -0.4 is 0 Å². The van der Waals surface area contributed by atoms with Crippen molar-refractivity contribution in [3.8, 4) is 0 Å². The van der Waals surface area contributed by atoms with Crippen molar-refractivity contribution in [1.29, 1.82) is 0 Å². The zero-order valence-corrected chi connectivity index (χ0v) is 8.42. The molecule has 5 heteroatoms. The number of pyridine rings is 1. The first-order chi connectivity index (χ1) is 6.18. The van der Waals surface area contributed by atoms with Crippen LogP contribution in [0.3, 0.4) is 0 Å². The maximum atomic E-state index is 5.65. The van der Waals surface area contributed by atoms with Gasteiger partial charge >= 0.3 is 0 Å². The molecule has 2 aromatic rings. The Morgan fingerprint density at radius 1 is 1.38 bits per heavy atom. The lowest BCUT2D eigenvalue weighted by atomic mass is 10.4. The second kappa shape index (κ2) is 3.16. The maximum Gasteiger partial charge on any atom is 0.184 e. The number of hydrogen-bond donors (Lipinski definition) is 0. The third-order valence-corrected chi connectivity index (χ3v) is 2.15. The molecule has 0 saturated heterocycles. The second-order valence-corrected chi connectivity index (χ2v) is 3.80. The Hall–Kier alpha value is -0.800. The van der Waals surface area contributed by atoms with Crippen molar-refractivity contribution in [2.75, 3.05) is 0 Å². The van der Waals surface area contributed by atoms with Crippen LogP contribution in [0.1, 0.15) is 16.4 Å². The Labute approximate surface area is 85.3 Å². The molecular formula is C8H7Cl2N3. The van der Waals surface area contributed by atoms with Gasteiger partial charge in [-0.05, 0) is 19.1 Å². The van der Waals surface area contributed by atoms with Gasteiger partial charge in [0.2, 0.25) is 0 Å². The normalized spacial score (nSPS) is 11.4. The predicted molar refractivity (Wildman–Crippen MR) is 52.2 cm³/mol. The third-order valence-electron chi connectivity index (χ3n) is 1.76. The Morgan fingerprint density at radius 3 is 2.77 bits per heavy atom. The molecule has 0 unspecified atom stereocenters. The van der Waals surface area contributed by atoms with Gasteiger partial charge in [-0.25, -0.2) is 9.50 Å². The molecule has 2 heterocycles. The van der Waals surface area contributed by atoms with Gasteiger partial charge in [0.25, 0.3) is 0 Å². The molecular weight excluding hydrogens is 209 g/mol. The average molecular weight is 216 g/mol. The summed E-state index contributed by atoms with van der Waals surface area (Å²) < 4.78 is 1.72. The fourth-order valence-corrected chi connectivity index (χ4v) is 1.33. The van der Waals surface area contributed by atoms with Gasteiger partial charge < -0.3 is 0 Å². The molecule has 68 valence electrons. The molecule has 2 rings (SSSR count). The Morgan fingerprint density at radius 2 is 2.15 bits per heavy atom. The van der Waals surface area contributed by atoms with E-state index >= 15 is 0 Å². The second-order valence-electron chi connectivity index (χ2n) is 2.71. The standard InChI is InChI=1S/C8H7Cl2N3/c1-5-3-2-4-6-11-8(7(9)10)12-13(5)6/h2-4,7H,1H3. The topological polar surface area (TPSA) is 30.2 Å². The summed E-state index contributed by atoms with van der Waals surface area (Å²) in [7, 11) is 0. The molecule has 0 aromatic carbocycles. The number of halogens is 2. The van der Waals surface area contributed by atoms with E-state index in [9.17, 15) is 0 Å². The number of rotatable bonds is 1. The summed E-state index contributed by atoms with van der Waals surface area (Å²) in [5.41, 5.74) is 1.77. The minimum Gasteiger partial charge on any atom is -0.218 e. The minimum atomic E-state index is -0.667. The van der Waals surface area contributed by atoms with Gasteiger partial charge in [0.15, 0.2) is 16.3 Å². The van der Waals surface area contributed by atoms with Crippen LogP contribution in [-0.2, 0) is 0 Å². The molecule has 0 saturated carbocycles. The SMILES string of the molecule is Cc1cccc2nc(C(Cl)Cl)nn12. The Balaban J connectivity index is 2.68. The summed E-state index contributed by atoms with van der Waals surface area (Å²) in [6.07, 6.45) is 0. The van der Waals surface area contributed by atoms with Crippen LogP contribution in [0, 0.1) is 6.92 Å². The number of nitrogens with zero attached hydrogens (tertiary/aromatic N) is 3. The number of alkyl halides is 2. The molecule has 3 nitrogen and oxygen atoms in total. The van der Waals surface area contributed by atoms with Crippen molar-refractivity contribution >= 4 is 28.8 Å². The van der Waals surface area contributed by atoms with E-state index < -0.39 is 4.84 Å². The Kier molecular flexibility index (Phi) is 2.14. The smallest absolute Gasteiger partial charge is 0.184 e. The quantitative estimate of drug-likeness (QED) is 0.685. The molecule has 0 spiro atoms. The number of aromatic nitrogens is 3. The highest BCUT2D eigenvalue weighted by atomic mass is 35.5. The van der Waals surface area contributed by atoms with Crippen LogP contribution in [-0.4, -0.2) is 14.6 Å². The van der Waals surface area contributed by atoms with Crippen LogP contribution in [0.4, 0.5) is 0 Å². The van der Waals surface area contributed by atoms with Crippen molar-refractivity contribution in [2.45, 2.75) is 11.8 Å². The lowest BCUT2D eigenvalue weighted by Gasteiger charge is -1.94. The summed E-state index contributed by atoms with van der Waals surface area (Å²) in [4.78, 5) is 3.49. The first kappa shape index (κ1) is 8.78. The maximum absolute atomic E-state index is 5.65. The van der Waals surface area contributed by atoms with Crippen LogP contribution in [0.2, 0.25) is 0 Å².